The molecular formula is C17H20N4O4. The second kappa shape index (κ2) is 9.21. The van der Waals surface area contributed by atoms with Crippen molar-refractivity contribution in [3.05, 3.63) is 42.1 Å². The van der Waals surface area contributed by atoms with Crippen LogP contribution in [0.4, 0.5) is 16.6 Å². The summed E-state index contributed by atoms with van der Waals surface area (Å²) in [5.41, 5.74) is 0.206. The lowest BCUT2D eigenvalue weighted by molar-refractivity contribution is 0.0526. The monoisotopic (exact) mass is 344 g/mol. The predicted octanol–water partition coefficient (Wildman–Crippen LogP) is 3.09. The Hall–Kier alpha value is -3.16. The lowest BCUT2D eigenvalue weighted by Gasteiger charge is -2.11. The minimum absolute atomic E-state index is 0.0209. The van der Waals surface area contributed by atoms with Crippen LogP contribution < -0.4 is 15.4 Å². The van der Waals surface area contributed by atoms with Crippen LogP contribution in [0.1, 0.15) is 30.6 Å². The van der Waals surface area contributed by atoms with Crippen molar-refractivity contribution < 1.29 is 19.1 Å². The highest BCUT2D eigenvalue weighted by atomic mass is 16.6. The van der Waals surface area contributed by atoms with E-state index >= 15 is 0 Å². The summed E-state index contributed by atoms with van der Waals surface area (Å²) in [5.74, 6) is 0.185. The maximum atomic E-state index is 11.9. The Kier molecular flexibility index (Phi) is 6.70. The minimum atomic E-state index is -0.725. The van der Waals surface area contributed by atoms with Crippen molar-refractivity contribution >= 4 is 23.8 Å². The van der Waals surface area contributed by atoms with Crippen LogP contribution >= 0.6 is 0 Å². The van der Waals surface area contributed by atoms with E-state index in [-0.39, 0.29) is 18.1 Å². The Morgan fingerprint density at radius 2 is 1.92 bits per heavy atom. The van der Waals surface area contributed by atoms with Gasteiger partial charge in [0.1, 0.15) is 17.1 Å². The van der Waals surface area contributed by atoms with Gasteiger partial charge in [-0.2, -0.15) is 4.98 Å². The molecule has 2 N–H and O–H groups in total. The van der Waals surface area contributed by atoms with E-state index in [2.05, 4.69) is 20.6 Å². The van der Waals surface area contributed by atoms with Gasteiger partial charge in [-0.05, 0) is 25.5 Å². The van der Waals surface area contributed by atoms with Gasteiger partial charge in [-0.25, -0.2) is 14.6 Å². The molecule has 0 spiro atoms. The molecule has 0 aliphatic rings. The third-order valence-electron chi connectivity index (χ3n) is 2.99. The molecule has 0 saturated heterocycles. The van der Waals surface area contributed by atoms with E-state index in [4.69, 9.17) is 9.47 Å². The Labute approximate surface area is 145 Å². The van der Waals surface area contributed by atoms with Crippen LogP contribution in [-0.2, 0) is 4.74 Å². The first kappa shape index (κ1) is 18.2. The third kappa shape index (κ3) is 5.45. The maximum absolute atomic E-state index is 11.9. The summed E-state index contributed by atoms with van der Waals surface area (Å²) < 4.78 is 10.1. The zero-order valence-corrected chi connectivity index (χ0v) is 14.1. The molecule has 0 aliphatic carbocycles. The number of benzene rings is 1. The molecule has 0 unspecified atom stereocenters. The molecule has 8 heteroatoms. The molecule has 0 aliphatic heterocycles. The number of nitrogens with one attached hydrogen (secondary N) is 2. The van der Waals surface area contributed by atoms with Gasteiger partial charge in [0, 0.05) is 12.7 Å². The van der Waals surface area contributed by atoms with Gasteiger partial charge in [-0.15, -0.1) is 0 Å². The van der Waals surface area contributed by atoms with Crippen molar-refractivity contribution in [3.8, 4) is 5.75 Å². The lowest BCUT2D eigenvalue weighted by atomic mass is 10.3. The number of anilines is 2. The molecule has 1 aromatic heterocycles. The van der Waals surface area contributed by atoms with E-state index in [0.29, 0.717) is 18.1 Å². The Balaban J connectivity index is 2.12. The molecular weight excluding hydrogens is 324 g/mol. The fourth-order valence-corrected chi connectivity index (χ4v) is 1.89. The highest BCUT2D eigenvalue weighted by molar-refractivity contribution is 5.95. The average Bonchev–Trinajstić information content (AvgIpc) is 2.61. The number of aromatic nitrogens is 2. The molecule has 25 heavy (non-hydrogen) atoms. The molecule has 2 rings (SSSR count). The van der Waals surface area contributed by atoms with E-state index in [1.807, 2.05) is 13.0 Å². The smallest absolute Gasteiger partial charge is 0.419 e. The van der Waals surface area contributed by atoms with Crippen LogP contribution in [-0.4, -0.2) is 35.2 Å². The number of amides is 1. The average molecular weight is 344 g/mol. The van der Waals surface area contributed by atoms with Gasteiger partial charge in [-0.1, -0.05) is 25.1 Å². The molecule has 8 nitrogen and oxygen atoms in total. The second-order valence-electron chi connectivity index (χ2n) is 4.93. The predicted molar refractivity (Wildman–Crippen MR) is 92.9 cm³/mol. The summed E-state index contributed by atoms with van der Waals surface area (Å²) in [6.45, 7) is 4.55. The number of hydrogen-bond donors (Lipinski definition) is 2. The highest BCUT2D eigenvalue weighted by Gasteiger charge is 2.17. The summed E-state index contributed by atoms with van der Waals surface area (Å²) in [6, 6.07) is 8.62. The van der Waals surface area contributed by atoms with Gasteiger partial charge in [0.15, 0.2) is 0 Å². The van der Waals surface area contributed by atoms with Crippen molar-refractivity contribution in [1.29, 1.82) is 0 Å². The summed E-state index contributed by atoms with van der Waals surface area (Å²) in [7, 11) is 0. The van der Waals surface area contributed by atoms with Crippen LogP contribution in [0.2, 0.25) is 0 Å². The van der Waals surface area contributed by atoms with Gasteiger partial charge in [0.25, 0.3) is 0 Å². The number of carbonyl (C=O) groups excluding carboxylic acids is 2. The number of esters is 1. The molecule has 132 valence electrons. The SMILES string of the molecule is CCCNc1nc(NC(=O)Oc2ccccc2)ncc1C(=O)OCC. The Morgan fingerprint density at radius 3 is 2.60 bits per heavy atom. The van der Waals surface area contributed by atoms with E-state index < -0.39 is 12.1 Å². The van der Waals surface area contributed by atoms with Crippen LogP contribution in [0.15, 0.2) is 36.5 Å². The van der Waals surface area contributed by atoms with Crippen LogP contribution in [0.5, 0.6) is 5.75 Å². The van der Waals surface area contributed by atoms with Crippen molar-refractivity contribution in [2.75, 3.05) is 23.8 Å². The van der Waals surface area contributed by atoms with E-state index in [9.17, 15) is 9.59 Å². The van der Waals surface area contributed by atoms with Crippen molar-refractivity contribution in [1.82, 2.24) is 9.97 Å². The summed E-state index contributed by atoms with van der Waals surface area (Å²) in [4.78, 5) is 32.0. The number of hydrogen-bond acceptors (Lipinski definition) is 7. The highest BCUT2D eigenvalue weighted by Crippen LogP contribution is 2.16. The van der Waals surface area contributed by atoms with E-state index in [1.165, 1.54) is 6.20 Å². The molecule has 0 fully saturated rings. The molecule has 1 amide bonds. The molecule has 0 saturated carbocycles. The van der Waals surface area contributed by atoms with Crippen LogP contribution in [0, 0.1) is 0 Å². The zero-order valence-electron chi connectivity index (χ0n) is 14.1. The molecule has 2 aromatic rings. The minimum Gasteiger partial charge on any atom is -0.462 e. The van der Waals surface area contributed by atoms with Crippen molar-refractivity contribution in [2.24, 2.45) is 0 Å². The zero-order chi connectivity index (χ0) is 18.1. The van der Waals surface area contributed by atoms with E-state index in [0.717, 1.165) is 6.42 Å². The standard InChI is InChI=1S/C17H20N4O4/c1-3-10-18-14-13(15(22)24-4-2)11-19-16(20-14)21-17(23)25-12-8-6-5-7-9-12/h5-9,11H,3-4,10H2,1-2H3,(H2,18,19,20,21,23). The first-order valence-electron chi connectivity index (χ1n) is 7.96. The maximum Gasteiger partial charge on any atom is 0.419 e. The Morgan fingerprint density at radius 1 is 1.16 bits per heavy atom. The quantitative estimate of drug-likeness (QED) is 0.744. The largest absolute Gasteiger partial charge is 0.462 e. The fraction of sp³-hybridized carbons (Fsp3) is 0.294. The molecule has 0 atom stereocenters. The topological polar surface area (TPSA) is 102 Å². The molecule has 0 radical (unpaired) electrons. The number of nitrogens with zero attached hydrogens (tertiary/aromatic N) is 2. The number of para-hydroxylation sites is 1. The second-order valence-corrected chi connectivity index (χ2v) is 4.93. The Bertz CT molecular complexity index is 722. The fourth-order valence-electron chi connectivity index (χ4n) is 1.89. The molecule has 1 aromatic carbocycles. The van der Waals surface area contributed by atoms with Gasteiger partial charge in [0.2, 0.25) is 5.95 Å². The third-order valence-corrected chi connectivity index (χ3v) is 2.99. The lowest BCUT2D eigenvalue weighted by Crippen LogP contribution is -2.20. The first-order valence-corrected chi connectivity index (χ1v) is 7.96. The van der Waals surface area contributed by atoms with Crippen LogP contribution in [0.25, 0.3) is 0 Å². The summed E-state index contributed by atoms with van der Waals surface area (Å²) in [5, 5.41) is 5.45. The van der Waals surface area contributed by atoms with Crippen LogP contribution in [0.3, 0.4) is 0 Å². The summed E-state index contributed by atoms with van der Waals surface area (Å²) in [6.07, 6.45) is 1.42. The van der Waals surface area contributed by atoms with Gasteiger partial charge in [-0.3, -0.25) is 5.32 Å². The first-order chi connectivity index (χ1) is 12.1. The number of rotatable bonds is 7. The normalized spacial score (nSPS) is 10.0. The van der Waals surface area contributed by atoms with Gasteiger partial charge < -0.3 is 14.8 Å². The van der Waals surface area contributed by atoms with Crippen molar-refractivity contribution in [3.63, 3.8) is 0 Å². The number of ether oxygens (including phenoxy) is 2. The number of carbonyl (C=O) groups is 2. The van der Waals surface area contributed by atoms with Gasteiger partial charge >= 0.3 is 12.1 Å². The molecule has 0 bridgehead atoms. The van der Waals surface area contributed by atoms with Gasteiger partial charge in [0.05, 0.1) is 6.61 Å². The summed E-state index contributed by atoms with van der Waals surface area (Å²) >= 11 is 0. The van der Waals surface area contributed by atoms with E-state index in [1.54, 1.807) is 31.2 Å². The van der Waals surface area contributed by atoms with Crippen molar-refractivity contribution in [2.45, 2.75) is 20.3 Å². The molecule has 1 heterocycles.